The number of rotatable bonds is 2. The van der Waals surface area contributed by atoms with Gasteiger partial charge in [-0.05, 0) is 43.4 Å². The Hall–Kier alpha value is -2.34. The van der Waals surface area contributed by atoms with E-state index < -0.39 is 5.97 Å². The van der Waals surface area contributed by atoms with Crippen LogP contribution in [-0.2, 0) is 12.8 Å². The molecule has 0 saturated heterocycles. The van der Waals surface area contributed by atoms with Gasteiger partial charge >= 0.3 is 5.97 Å². The number of furan rings is 1. The first-order chi connectivity index (χ1) is 10.7. The van der Waals surface area contributed by atoms with Crippen LogP contribution in [0, 0.1) is 0 Å². The van der Waals surface area contributed by atoms with E-state index in [1.807, 2.05) is 12.1 Å². The highest BCUT2D eigenvalue weighted by Gasteiger charge is 2.26. The second kappa shape index (κ2) is 4.84. The zero-order valence-electron chi connectivity index (χ0n) is 11.8. The van der Waals surface area contributed by atoms with Crippen molar-refractivity contribution in [2.24, 2.45) is 0 Å². The molecule has 0 fully saturated rings. The molecule has 3 N–H and O–H groups in total. The predicted molar refractivity (Wildman–Crippen MR) is 85.3 cm³/mol. The maximum absolute atomic E-state index is 11.4. The van der Waals surface area contributed by atoms with Crippen LogP contribution < -0.4 is 5.73 Å². The topological polar surface area (TPSA) is 89.4 Å². The van der Waals surface area contributed by atoms with Crippen molar-refractivity contribution >= 4 is 33.2 Å². The minimum absolute atomic E-state index is 0.151. The lowest BCUT2D eigenvalue weighted by molar-refractivity contribution is 0.0703. The first-order valence-electron chi connectivity index (χ1n) is 7.17. The molecule has 3 aromatic heterocycles. The smallest absolute Gasteiger partial charge is 0.348 e. The minimum atomic E-state index is -1.01. The Kier molecular flexibility index (Phi) is 2.94. The van der Waals surface area contributed by atoms with Crippen molar-refractivity contribution in [3.63, 3.8) is 0 Å². The van der Waals surface area contributed by atoms with E-state index in [-0.39, 0.29) is 4.88 Å². The molecule has 1 aliphatic rings. The van der Waals surface area contributed by atoms with E-state index in [1.165, 1.54) is 0 Å². The maximum atomic E-state index is 11.4. The Bertz CT molecular complexity index is 881. The lowest BCUT2D eigenvalue weighted by Crippen LogP contribution is -2.07. The molecule has 3 heterocycles. The molecular weight excluding hydrogens is 300 g/mol. The summed E-state index contributed by atoms with van der Waals surface area (Å²) in [6.07, 6.45) is 5.67. The van der Waals surface area contributed by atoms with Crippen LogP contribution in [0.2, 0.25) is 0 Å². The average Bonchev–Trinajstić information content (AvgIpc) is 3.14. The van der Waals surface area contributed by atoms with Crippen molar-refractivity contribution in [2.75, 3.05) is 5.73 Å². The number of nitrogen functional groups attached to an aromatic ring is 1. The molecule has 22 heavy (non-hydrogen) atoms. The first-order valence-corrected chi connectivity index (χ1v) is 7.99. The molecular formula is C16H14N2O3S. The lowest BCUT2D eigenvalue weighted by atomic mass is 9.89. The van der Waals surface area contributed by atoms with Gasteiger partial charge in [-0.15, -0.1) is 11.3 Å². The zero-order chi connectivity index (χ0) is 15.3. The Balaban J connectivity index is 2.14. The molecule has 112 valence electrons. The van der Waals surface area contributed by atoms with Gasteiger partial charge in [0.25, 0.3) is 0 Å². The molecule has 0 aromatic carbocycles. The number of anilines is 1. The van der Waals surface area contributed by atoms with Crippen molar-refractivity contribution in [1.29, 1.82) is 0 Å². The van der Waals surface area contributed by atoms with E-state index in [1.54, 1.807) is 6.26 Å². The number of hydrogen-bond donors (Lipinski definition) is 2. The van der Waals surface area contributed by atoms with Crippen LogP contribution in [0.25, 0.3) is 21.5 Å². The molecule has 0 unspecified atom stereocenters. The number of thiophene rings is 1. The number of carbonyl (C=O) groups is 1. The van der Waals surface area contributed by atoms with Crippen LogP contribution in [0.3, 0.4) is 0 Å². The third-order valence-corrected chi connectivity index (χ3v) is 5.20. The number of pyridine rings is 1. The Morgan fingerprint density at radius 2 is 2.18 bits per heavy atom. The quantitative estimate of drug-likeness (QED) is 0.752. The normalized spacial score (nSPS) is 14.2. The summed E-state index contributed by atoms with van der Waals surface area (Å²) < 4.78 is 5.59. The lowest BCUT2D eigenvalue weighted by Gasteiger charge is -2.18. The van der Waals surface area contributed by atoms with E-state index in [4.69, 9.17) is 10.2 Å². The summed E-state index contributed by atoms with van der Waals surface area (Å²) in [6.45, 7) is 0. The summed E-state index contributed by atoms with van der Waals surface area (Å²) >= 11 is 1.14. The minimum Gasteiger partial charge on any atom is -0.477 e. The fraction of sp³-hybridized carbons (Fsp3) is 0.250. The second-order valence-electron chi connectivity index (χ2n) is 5.43. The van der Waals surface area contributed by atoms with Gasteiger partial charge in [0.05, 0.1) is 12.0 Å². The van der Waals surface area contributed by atoms with Crippen molar-refractivity contribution in [3.8, 4) is 11.3 Å². The number of nitrogens with zero attached hydrogens (tertiary/aromatic N) is 1. The Morgan fingerprint density at radius 1 is 1.36 bits per heavy atom. The van der Waals surface area contributed by atoms with Gasteiger partial charge in [-0.2, -0.15) is 0 Å². The van der Waals surface area contributed by atoms with Crippen molar-refractivity contribution in [2.45, 2.75) is 25.7 Å². The van der Waals surface area contributed by atoms with Crippen molar-refractivity contribution in [3.05, 3.63) is 34.5 Å². The number of aromatic nitrogens is 1. The number of fused-ring (bicyclic) bond motifs is 2. The van der Waals surface area contributed by atoms with E-state index >= 15 is 0 Å². The summed E-state index contributed by atoms with van der Waals surface area (Å²) in [5.41, 5.74) is 9.53. The van der Waals surface area contributed by atoms with Gasteiger partial charge < -0.3 is 15.3 Å². The largest absolute Gasteiger partial charge is 0.477 e. The summed E-state index contributed by atoms with van der Waals surface area (Å²) in [6, 6.07) is 3.72. The van der Waals surface area contributed by atoms with Gasteiger partial charge in [0.2, 0.25) is 0 Å². The fourth-order valence-corrected chi connectivity index (χ4v) is 4.12. The zero-order valence-corrected chi connectivity index (χ0v) is 12.6. The van der Waals surface area contributed by atoms with Gasteiger partial charge in [0.1, 0.15) is 15.5 Å². The fourth-order valence-electron chi connectivity index (χ4n) is 3.16. The van der Waals surface area contributed by atoms with Gasteiger partial charge in [-0.3, -0.25) is 0 Å². The van der Waals surface area contributed by atoms with Crippen LogP contribution in [0.4, 0.5) is 5.69 Å². The predicted octanol–water partition coefficient (Wildman–Crippen LogP) is 3.72. The number of nitrogens with two attached hydrogens (primary N) is 1. The summed E-state index contributed by atoms with van der Waals surface area (Å²) in [5.74, 6) is -0.282. The van der Waals surface area contributed by atoms with Crippen LogP contribution in [-0.4, -0.2) is 16.1 Å². The number of carboxylic acid groups (broad SMARTS) is 1. The number of aromatic carboxylic acids is 1. The Morgan fingerprint density at radius 3 is 2.91 bits per heavy atom. The molecule has 3 aromatic rings. The molecule has 0 aliphatic heterocycles. The maximum Gasteiger partial charge on any atom is 0.348 e. The van der Waals surface area contributed by atoms with Crippen LogP contribution in [0.15, 0.2) is 22.8 Å². The monoisotopic (exact) mass is 314 g/mol. The summed E-state index contributed by atoms with van der Waals surface area (Å²) in [7, 11) is 0. The highest BCUT2D eigenvalue weighted by Crippen LogP contribution is 2.43. The van der Waals surface area contributed by atoms with Gasteiger partial charge in [0, 0.05) is 16.6 Å². The van der Waals surface area contributed by atoms with E-state index in [9.17, 15) is 9.90 Å². The van der Waals surface area contributed by atoms with Gasteiger partial charge in [0.15, 0.2) is 0 Å². The van der Waals surface area contributed by atoms with E-state index in [0.717, 1.165) is 65.0 Å². The number of hydrogen-bond acceptors (Lipinski definition) is 5. The SMILES string of the molecule is Nc1c(C(=O)O)sc2nc3c(c(-c4ccco4)c12)CCCC3. The molecule has 1 aliphatic carbocycles. The third kappa shape index (κ3) is 1.84. The first kappa shape index (κ1) is 13.3. The molecule has 6 heteroatoms. The Labute approximate surface area is 130 Å². The number of aryl methyl sites for hydroxylation is 1. The molecule has 0 radical (unpaired) electrons. The third-order valence-electron chi connectivity index (χ3n) is 4.12. The standard InChI is InChI=1S/C16H14N2O3S/c17-13-12-11(10-6-3-7-21-10)8-4-1-2-5-9(8)18-15(12)22-14(13)16(19)20/h3,6-7H,1-2,4-5,17H2,(H,19,20). The van der Waals surface area contributed by atoms with Gasteiger partial charge in [-0.25, -0.2) is 9.78 Å². The molecule has 0 bridgehead atoms. The van der Waals surface area contributed by atoms with E-state index in [2.05, 4.69) is 4.98 Å². The summed E-state index contributed by atoms with van der Waals surface area (Å²) in [5, 5.41) is 10.1. The molecule has 0 amide bonds. The second-order valence-corrected chi connectivity index (χ2v) is 6.43. The molecule has 0 atom stereocenters. The van der Waals surface area contributed by atoms with Crippen LogP contribution >= 0.6 is 11.3 Å². The van der Waals surface area contributed by atoms with Crippen molar-refractivity contribution in [1.82, 2.24) is 4.98 Å². The highest BCUT2D eigenvalue weighted by atomic mass is 32.1. The molecule has 0 saturated carbocycles. The van der Waals surface area contributed by atoms with Gasteiger partial charge in [-0.1, -0.05) is 0 Å². The van der Waals surface area contributed by atoms with Crippen LogP contribution in [0.1, 0.15) is 33.8 Å². The van der Waals surface area contributed by atoms with Crippen molar-refractivity contribution < 1.29 is 14.3 Å². The molecule has 0 spiro atoms. The molecule has 4 rings (SSSR count). The average molecular weight is 314 g/mol. The number of carboxylic acids is 1. The molecule has 5 nitrogen and oxygen atoms in total. The van der Waals surface area contributed by atoms with E-state index in [0.29, 0.717) is 10.5 Å². The highest BCUT2D eigenvalue weighted by molar-refractivity contribution is 7.21. The summed E-state index contributed by atoms with van der Waals surface area (Å²) in [4.78, 5) is 16.9. The van der Waals surface area contributed by atoms with Crippen LogP contribution in [0.5, 0.6) is 0 Å².